The first-order chi connectivity index (χ1) is 11.5. The van der Waals surface area contributed by atoms with Crippen LogP contribution in [0.25, 0.3) is 10.2 Å². The lowest BCUT2D eigenvalue weighted by Gasteiger charge is -2.04. The summed E-state index contributed by atoms with van der Waals surface area (Å²) in [6, 6.07) is 11.1. The summed E-state index contributed by atoms with van der Waals surface area (Å²) >= 11 is 7.47. The van der Waals surface area contributed by atoms with Crippen LogP contribution in [0.4, 0.5) is 0 Å². The summed E-state index contributed by atoms with van der Waals surface area (Å²) in [6.07, 6.45) is 1.81. The van der Waals surface area contributed by atoms with E-state index in [2.05, 4.69) is 37.6 Å². The zero-order valence-electron chi connectivity index (χ0n) is 13.5. The molecule has 0 aliphatic carbocycles. The SMILES string of the molecule is C=CCn1c(=NC(=O)c2cccc(Cl)c2)sc2cc(C)c(C)cc21. The molecule has 0 aliphatic rings. The second kappa shape index (κ2) is 6.75. The van der Waals surface area contributed by atoms with E-state index in [-0.39, 0.29) is 5.91 Å². The van der Waals surface area contributed by atoms with E-state index < -0.39 is 0 Å². The highest BCUT2D eigenvalue weighted by Gasteiger charge is 2.10. The van der Waals surface area contributed by atoms with Gasteiger partial charge in [-0.2, -0.15) is 4.99 Å². The predicted octanol–water partition coefficient (Wildman–Crippen LogP) is 4.90. The second-order valence-electron chi connectivity index (χ2n) is 5.62. The molecule has 122 valence electrons. The highest BCUT2D eigenvalue weighted by atomic mass is 35.5. The van der Waals surface area contributed by atoms with Gasteiger partial charge in [-0.05, 0) is 55.3 Å². The number of aromatic nitrogens is 1. The van der Waals surface area contributed by atoms with E-state index in [0.29, 0.717) is 21.9 Å². The lowest BCUT2D eigenvalue weighted by molar-refractivity contribution is 0.0998. The predicted molar refractivity (Wildman–Crippen MR) is 101 cm³/mol. The molecule has 0 N–H and O–H groups in total. The first kappa shape index (κ1) is 16.7. The number of hydrogen-bond donors (Lipinski definition) is 0. The molecule has 0 unspecified atom stereocenters. The molecule has 3 nitrogen and oxygen atoms in total. The van der Waals surface area contributed by atoms with Crippen molar-refractivity contribution >= 4 is 39.1 Å². The number of halogens is 1. The molecule has 5 heteroatoms. The summed E-state index contributed by atoms with van der Waals surface area (Å²) in [5.41, 5.74) is 3.99. The van der Waals surface area contributed by atoms with Crippen molar-refractivity contribution in [3.63, 3.8) is 0 Å². The molecule has 2 aromatic carbocycles. The molecule has 24 heavy (non-hydrogen) atoms. The van der Waals surface area contributed by atoms with Gasteiger partial charge in [0.1, 0.15) is 0 Å². The Balaban J connectivity index is 2.19. The van der Waals surface area contributed by atoms with Crippen LogP contribution in [0.1, 0.15) is 21.5 Å². The van der Waals surface area contributed by atoms with Gasteiger partial charge in [0.05, 0.1) is 10.2 Å². The number of carbonyl (C=O) groups excluding carboxylic acids is 1. The summed E-state index contributed by atoms with van der Waals surface area (Å²) in [4.78, 5) is 17.5. The van der Waals surface area contributed by atoms with Crippen LogP contribution in [0.3, 0.4) is 0 Å². The monoisotopic (exact) mass is 356 g/mol. The fourth-order valence-corrected chi connectivity index (χ4v) is 3.79. The molecule has 3 rings (SSSR count). The second-order valence-corrected chi connectivity index (χ2v) is 7.06. The maximum absolute atomic E-state index is 12.5. The minimum Gasteiger partial charge on any atom is -0.312 e. The Hall–Kier alpha value is -2.17. The first-order valence-corrected chi connectivity index (χ1v) is 8.75. The number of allylic oxidation sites excluding steroid dienone is 1. The van der Waals surface area contributed by atoms with Crippen LogP contribution in [-0.2, 0) is 6.54 Å². The van der Waals surface area contributed by atoms with E-state index in [1.54, 1.807) is 24.3 Å². The lowest BCUT2D eigenvalue weighted by Crippen LogP contribution is -2.16. The van der Waals surface area contributed by atoms with Crippen LogP contribution < -0.4 is 4.80 Å². The third-order valence-corrected chi connectivity index (χ3v) is 5.15. The molecule has 1 heterocycles. The van der Waals surface area contributed by atoms with Crippen LogP contribution in [0, 0.1) is 13.8 Å². The summed E-state index contributed by atoms with van der Waals surface area (Å²) in [5.74, 6) is -0.296. The largest absolute Gasteiger partial charge is 0.312 e. The number of fused-ring (bicyclic) bond motifs is 1. The van der Waals surface area contributed by atoms with Gasteiger partial charge >= 0.3 is 0 Å². The Morgan fingerprint density at radius 2 is 2.04 bits per heavy atom. The third-order valence-electron chi connectivity index (χ3n) is 3.88. The minimum absolute atomic E-state index is 0.296. The van der Waals surface area contributed by atoms with E-state index in [1.165, 1.54) is 22.5 Å². The molecule has 0 saturated carbocycles. The lowest BCUT2D eigenvalue weighted by atomic mass is 10.1. The quantitative estimate of drug-likeness (QED) is 0.614. The molecule has 1 aromatic heterocycles. The molecular weight excluding hydrogens is 340 g/mol. The maximum Gasteiger partial charge on any atom is 0.279 e. The van der Waals surface area contributed by atoms with Crippen LogP contribution >= 0.6 is 22.9 Å². The number of thiazole rings is 1. The van der Waals surface area contributed by atoms with Gasteiger partial charge in [-0.25, -0.2) is 0 Å². The Bertz CT molecular complexity index is 1010. The number of nitrogens with zero attached hydrogens (tertiary/aromatic N) is 2. The molecule has 0 fully saturated rings. The number of hydrogen-bond acceptors (Lipinski definition) is 2. The van der Waals surface area contributed by atoms with Crippen molar-refractivity contribution in [3.05, 3.63) is 75.6 Å². The van der Waals surface area contributed by atoms with Gasteiger partial charge in [0, 0.05) is 17.1 Å². The number of aryl methyl sites for hydroxylation is 2. The Morgan fingerprint density at radius 1 is 1.29 bits per heavy atom. The van der Waals surface area contributed by atoms with E-state index in [1.807, 2.05) is 10.6 Å². The minimum atomic E-state index is -0.296. The number of benzene rings is 2. The molecule has 0 bridgehead atoms. The van der Waals surface area contributed by atoms with Crippen molar-refractivity contribution in [2.75, 3.05) is 0 Å². The fourth-order valence-electron chi connectivity index (χ4n) is 2.49. The maximum atomic E-state index is 12.5. The first-order valence-electron chi connectivity index (χ1n) is 7.55. The smallest absolute Gasteiger partial charge is 0.279 e. The van der Waals surface area contributed by atoms with Crippen molar-refractivity contribution in [1.29, 1.82) is 0 Å². The van der Waals surface area contributed by atoms with Crippen LogP contribution in [0.5, 0.6) is 0 Å². The Kier molecular flexibility index (Phi) is 4.69. The molecule has 0 saturated heterocycles. The van der Waals surface area contributed by atoms with Gasteiger partial charge < -0.3 is 4.57 Å². The van der Waals surface area contributed by atoms with Gasteiger partial charge in [0.2, 0.25) is 0 Å². The third kappa shape index (κ3) is 3.21. The molecule has 0 atom stereocenters. The zero-order valence-corrected chi connectivity index (χ0v) is 15.1. The van der Waals surface area contributed by atoms with Crippen LogP contribution in [-0.4, -0.2) is 10.5 Å². The summed E-state index contributed by atoms with van der Waals surface area (Å²) < 4.78 is 3.12. The van der Waals surface area contributed by atoms with Gasteiger partial charge in [-0.1, -0.05) is 35.1 Å². The van der Waals surface area contributed by atoms with E-state index in [4.69, 9.17) is 11.6 Å². The number of rotatable bonds is 3. The van der Waals surface area contributed by atoms with Crippen molar-refractivity contribution in [3.8, 4) is 0 Å². The highest BCUT2D eigenvalue weighted by molar-refractivity contribution is 7.16. The van der Waals surface area contributed by atoms with Crippen molar-refractivity contribution < 1.29 is 4.79 Å². The average Bonchev–Trinajstić information content (AvgIpc) is 2.85. The summed E-state index contributed by atoms with van der Waals surface area (Å²) in [7, 11) is 0. The normalized spacial score (nSPS) is 11.9. The van der Waals surface area contributed by atoms with Gasteiger partial charge in [-0.3, -0.25) is 4.79 Å². The van der Waals surface area contributed by atoms with Gasteiger partial charge in [-0.15, -0.1) is 6.58 Å². The Labute approximate surface area is 149 Å². The molecule has 0 radical (unpaired) electrons. The highest BCUT2D eigenvalue weighted by Crippen LogP contribution is 2.22. The average molecular weight is 357 g/mol. The Morgan fingerprint density at radius 3 is 2.75 bits per heavy atom. The fraction of sp³-hybridized carbons (Fsp3) is 0.158. The van der Waals surface area contributed by atoms with Gasteiger partial charge in [0.25, 0.3) is 5.91 Å². The molecule has 1 amide bonds. The molecule has 0 spiro atoms. The zero-order chi connectivity index (χ0) is 17.3. The van der Waals surface area contributed by atoms with E-state index >= 15 is 0 Å². The van der Waals surface area contributed by atoms with Crippen molar-refractivity contribution in [1.82, 2.24) is 4.57 Å². The topological polar surface area (TPSA) is 34.4 Å². The number of amides is 1. The molecular formula is C19H17ClN2OS. The summed E-state index contributed by atoms with van der Waals surface area (Å²) in [5, 5.41) is 0.526. The van der Waals surface area contributed by atoms with E-state index in [0.717, 1.165) is 10.2 Å². The molecule has 0 aliphatic heterocycles. The standard InChI is InChI=1S/C19H17ClN2OS/c1-4-8-22-16-9-12(2)13(3)10-17(16)24-19(22)21-18(23)14-6-5-7-15(20)11-14/h4-7,9-11H,1,8H2,2-3H3. The van der Waals surface area contributed by atoms with Crippen LogP contribution in [0.15, 0.2) is 54.0 Å². The number of carbonyl (C=O) groups is 1. The summed E-state index contributed by atoms with van der Waals surface area (Å²) in [6.45, 7) is 8.58. The molecule has 3 aromatic rings. The van der Waals surface area contributed by atoms with Crippen molar-refractivity contribution in [2.24, 2.45) is 4.99 Å². The van der Waals surface area contributed by atoms with Crippen molar-refractivity contribution in [2.45, 2.75) is 20.4 Å². The van der Waals surface area contributed by atoms with Gasteiger partial charge in [0.15, 0.2) is 4.80 Å². The van der Waals surface area contributed by atoms with Crippen LogP contribution in [0.2, 0.25) is 5.02 Å². The van der Waals surface area contributed by atoms with E-state index in [9.17, 15) is 4.79 Å².